The van der Waals surface area contributed by atoms with E-state index in [1.165, 1.54) is 12.1 Å². The number of carbonyl (C=O) groups excluding carboxylic acids is 1. The number of aryl methyl sites for hydroxylation is 3. The standard InChI is InChI=1S/C25H26FN5O2/c1-15-8-17(18-12-27-30(3)13-18)9-23(28-15)24-14-31(6-7-33-24)25(32)11-20-16(2)29-22-5-4-19(26)10-21(20)22/h4-5,8-10,12-13,24,29H,6-7,11,14H2,1-3H3. The highest BCUT2D eigenvalue weighted by Crippen LogP contribution is 2.28. The van der Waals surface area contributed by atoms with Crippen molar-refractivity contribution in [2.45, 2.75) is 26.4 Å². The van der Waals surface area contributed by atoms with Crippen molar-refractivity contribution in [1.82, 2.24) is 24.6 Å². The maximum absolute atomic E-state index is 13.8. The van der Waals surface area contributed by atoms with Gasteiger partial charge in [-0.2, -0.15) is 5.10 Å². The molecule has 0 aliphatic carbocycles. The molecule has 0 saturated carbocycles. The van der Waals surface area contributed by atoms with Crippen molar-refractivity contribution in [2.75, 3.05) is 19.7 Å². The molecule has 1 unspecified atom stereocenters. The lowest BCUT2D eigenvalue weighted by atomic mass is 10.0. The summed E-state index contributed by atoms with van der Waals surface area (Å²) in [5, 5.41) is 5.01. The lowest BCUT2D eigenvalue weighted by molar-refractivity contribution is -0.138. The zero-order valence-electron chi connectivity index (χ0n) is 18.9. The summed E-state index contributed by atoms with van der Waals surface area (Å²) < 4.78 is 21.6. The van der Waals surface area contributed by atoms with Crippen molar-refractivity contribution in [3.8, 4) is 11.1 Å². The Balaban J connectivity index is 1.36. The highest BCUT2D eigenvalue weighted by Gasteiger charge is 2.28. The fourth-order valence-corrected chi connectivity index (χ4v) is 4.50. The summed E-state index contributed by atoms with van der Waals surface area (Å²) in [5.74, 6) is -0.312. The first-order valence-electron chi connectivity index (χ1n) is 11.0. The van der Waals surface area contributed by atoms with E-state index in [9.17, 15) is 9.18 Å². The smallest absolute Gasteiger partial charge is 0.227 e. The normalized spacial score (nSPS) is 16.5. The third-order valence-corrected chi connectivity index (χ3v) is 6.17. The van der Waals surface area contributed by atoms with Crippen LogP contribution in [-0.4, -0.2) is 50.3 Å². The second kappa shape index (κ2) is 8.44. The molecular formula is C25H26FN5O2. The van der Waals surface area contributed by atoms with E-state index in [2.05, 4.69) is 15.1 Å². The number of benzene rings is 1. The van der Waals surface area contributed by atoms with Crippen LogP contribution in [0.15, 0.2) is 42.7 Å². The lowest BCUT2D eigenvalue weighted by Gasteiger charge is -2.33. The highest BCUT2D eigenvalue weighted by atomic mass is 19.1. The molecule has 1 aliphatic rings. The van der Waals surface area contributed by atoms with Crippen LogP contribution in [0.2, 0.25) is 0 Å². The lowest BCUT2D eigenvalue weighted by Crippen LogP contribution is -2.43. The third kappa shape index (κ3) is 4.26. The van der Waals surface area contributed by atoms with Crippen LogP contribution in [0.4, 0.5) is 4.39 Å². The van der Waals surface area contributed by atoms with Crippen molar-refractivity contribution < 1.29 is 13.9 Å². The van der Waals surface area contributed by atoms with Crippen LogP contribution in [0.25, 0.3) is 22.0 Å². The van der Waals surface area contributed by atoms with E-state index >= 15 is 0 Å². The SMILES string of the molecule is Cc1cc(-c2cnn(C)c2)cc(C2CN(C(=O)Cc3c(C)[nH]c4ccc(F)cc34)CCO2)n1. The highest BCUT2D eigenvalue weighted by molar-refractivity contribution is 5.90. The van der Waals surface area contributed by atoms with Crippen LogP contribution in [0.1, 0.15) is 28.7 Å². The predicted molar refractivity (Wildman–Crippen MR) is 123 cm³/mol. The number of ether oxygens (including phenoxy) is 1. The second-order valence-corrected chi connectivity index (χ2v) is 8.62. The third-order valence-electron chi connectivity index (χ3n) is 6.17. The molecule has 1 atom stereocenters. The number of hydrogen-bond donors (Lipinski definition) is 1. The number of pyridine rings is 1. The van der Waals surface area contributed by atoms with E-state index in [1.54, 1.807) is 10.7 Å². The first-order valence-corrected chi connectivity index (χ1v) is 11.0. The van der Waals surface area contributed by atoms with Crippen LogP contribution in [0, 0.1) is 19.7 Å². The number of nitrogens with one attached hydrogen (secondary N) is 1. The van der Waals surface area contributed by atoms with Crippen molar-refractivity contribution in [3.63, 3.8) is 0 Å². The van der Waals surface area contributed by atoms with Gasteiger partial charge in [0, 0.05) is 47.6 Å². The molecule has 1 fully saturated rings. The minimum absolute atomic E-state index is 0.00306. The molecule has 1 saturated heterocycles. The molecule has 8 heteroatoms. The van der Waals surface area contributed by atoms with E-state index in [1.807, 2.05) is 50.3 Å². The zero-order chi connectivity index (χ0) is 23.1. The molecule has 3 aromatic heterocycles. The van der Waals surface area contributed by atoms with E-state index in [0.717, 1.165) is 44.7 Å². The summed E-state index contributed by atoms with van der Waals surface area (Å²) >= 11 is 0. The number of hydrogen-bond acceptors (Lipinski definition) is 4. The fourth-order valence-electron chi connectivity index (χ4n) is 4.50. The molecule has 0 spiro atoms. The van der Waals surface area contributed by atoms with Gasteiger partial charge in [-0.05, 0) is 55.3 Å². The van der Waals surface area contributed by atoms with Crippen molar-refractivity contribution in [2.24, 2.45) is 7.05 Å². The fraction of sp³-hybridized carbons (Fsp3) is 0.320. The Kier molecular flexibility index (Phi) is 5.46. The van der Waals surface area contributed by atoms with Gasteiger partial charge < -0.3 is 14.6 Å². The number of fused-ring (bicyclic) bond motifs is 1. The number of halogens is 1. The van der Waals surface area contributed by atoms with E-state index in [0.29, 0.717) is 19.7 Å². The largest absolute Gasteiger partial charge is 0.368 e. The van der Waals surface area contributed by atoms with Gasteiger partial charge in [0.15, 0.2) is 0 Å². The number of H-pyrrole nitrogens is 1. The molecular weight excluding hydrogens is 421 g/mol. The van der Waals surface area contributed by atoms with Gasteiger partial charge >= 0.3 is 0 Å². The summed E-state index contributed by atoms with van der Waals surface area (Å²) in [6.07, 6.45) is 3.69. The van der Waals surface area contributed by atoms with Gasteiger partial charge in [0.05, 0.1) is 31.5 Å². The number of aromatic amines is 1. The Hall–Kier alpha value is -3.52. The Morgan fingerprint density at radius 2 is 2.09 bits per heavy atom. The molecule has 170 valence electrons. The number of carbonyl (C=O) groups is 1. The van der Waals surface area contributed by atoms with Gasteiger partial charge in [0.1, 0.15) is 11.9 Å². The molecule has 4 heterocycles. The Morgan fingerprint density at radius 1 is 1.24 bits per heavy atom. The molecule has 5 rings (SSSR count). The number of aromatic nitrogens is 4. The first-order chi connectivity index (χ1) is 15.9. The maximum Gasteiger partial charge on any atom is 0.227 e. The summed E-state index contributed by atoms with van der Waals surface area (Å²) in [6.45, 7) is 5.26. The molecule has 0 bridgehead atoms. The average Bonchev–Trinajstić information content (AvgIpc) is 3.36. The van der Waals surface area contributed by atoms with Crippen LogP contribution >= 0.6 is 0 Å². The Bertz CT molecular complexity index is 1340. The number of morpholine rings is 1. The average molecular weight is 448 g/mol. The van der Waals surface area contributed by atoms with E-state index < -0.39 is 0 Å². The monoisotopic (exact) mass is 447 g/mol. The molecule has 33 heavy (non-hydrogen) atoms. The molecule has 1 N–H and O–H groups in total. The Labute approximate surface area is 191 Å². The van der Waals surface area contributed by atoms with Crippen LogP contribution in [-0.2, 0) is 23.0 Å². The number of amides is 1. The Morgan fingerprint density at radius 3 is 2.88 bits per heavy atom. The van der Waals surface area contributed by atoms with Crippen molar-refractivity contribution in [1.29, 1.82) is 0 Å². The molecule has 4 aromatic rings. The molecule has 7 nitrogen and oxygen atoms in total. The molecule has 0 radical (unpaired) electrons. The summed E-state index contributed by atoms with van der Waals surface area (Å²) in [7, 11) is 1.88. The van der Waals surface area contributed by atoms with Gasteiger partial charge in [-0.3, -0.25) is 14.5 Å². The summed E-state index contributed by atoms with van der Waals surface area (Å²) in [6, 6.07) is 8.64. The molecule has 1 aliphatic heterocycles. The van der Waals surface area contributed by atoms with Gasteiger partial charge in [0.25, 0.3) is 0 Å². The van der Waals surface area contributed by atoms with E-state index in [-0.39, 0.29) is 24.2 Å². The first kappa shape index (κ1) is 21.3. The van der Waals surface area contributed by atoms with Crippen LogP contribution in [0.5, 0.6) is 0 Å². The number of nitrogens with zero attached hydrogens (tertiary/aromatic N) is 4. The predicted octanol–water partition coefficient (Wildman–Crippen LogP) is 3.86. The van der Waals surface area contributed by atoms with Gasteiger partial charge in [-0.1, -0.05) is 0 Å². The minimum Gasteiger partial charge on any atom is -0.368 e. The molecule has 1 amide bonds. The molecule has 1 aromatic carbocycles. The summed E-state index contributed by atoms with van der Waals surface area (Å²) in [5.41, 5.74) is 6.28. The van der Waals surface area contributed by atoms with Crippen molar-refractivity contribution in [3.05, 3.63) is 71.2 Å². The van der Waals surface area contributed by atoms with Gasteiger partial charge in [-0.15, -0.1) is 0 Å². The quantitative estimate of drug-likeness (QED) is 0.515. The topological polar surface area (TPSA) is 76.0 Å². The van der Waals surface area contributed by atoms with Crippen molar-refractivity contribution >= 4 is 16.8 Å². The van der Waals surface area contributed by atoms with E-state index in [4.69, 9.17) is 4.74 Å². The van der Waals surface area contributed by atoms with Gasteiger partial charge in [-0.25, -0.2) is 4.39 Å². The second-order valence-electron chi connectivity index (χ2n) is 8.62. The van der Waals surface area contributed by atoms with Gasteiger partial charge in [0.2, 0.25) is 5.91 Å². The summed E-state index contributed by atoms with van der Waals surface area (Å²) in [4.78, 5) is 23.0. The van der Waals surface area contributed by atoms with Crippen LogP contribution < -0.4 is 0 Å². The van der Waals surface area contributed by atoms with Crippen LogP contribution in [0.3, 0.4) is 0 Å². The minimum atomic E-state index is -0.309. The maximum atomic E-state index is 13.8. The number of rotatable bonds is 4. The zero-order valence-corrected chi connectivity index (χ0v) is 18.9.